The van der Waals surface area contributed by atoms with Gasteiger partial charge in [0, 0.05) is 51.2 Å². The number of benzene rings is 2. The van der Waals surface area contributed by atoms with Crippen molar-refractivity contribution < 1.29 is 91.7 Å². The van der Waals surface area contributed by atoms with Crippen molar-refractivity contribution in [2.45, 2.75) is 262 Å². The van der Waals surface area contributed by atoms with E-state index in [1.54, 1.807) is 108 Å². The fourth-order valence-corrected chi connectivity index (χ4v) is 13.4. The van der Waals surface area contributed by atoms with Crippen LogP contribution in [0.3, 0.4) is 0 Å². The predicted octanol–water partition coefficient (Wildman–Crippen LogP) is -4.83. The summed E-state index contributed by atoms with van der Waals surface area (Å²) in [4.78, 5) is 246. The molecule has 0 aliphatic rings. The summed E-state index contributed by atoms with van der Waals surface area (Å²) >= 11 is 1.31. The van der Waals surface area contributed by atoms with Crippen LogP contribution >= 0.6 is 11.8 Å². The molecule has 44 heteroatoms. The molecule has 0 spiro atoms. The van der Waals surface area contributed by atoms with Crippen molar-refractivity contribution in [2.24, 2.45) is 52.2 Å². The van der Waals surface area contributed by atoms with Crippen LogP contribution in [0.5, 0.6) is 0 Å². The third-order valence-electron chi connectivity index (χ3n) is 20.9. The summed E-state index contributed by atoms with van der Waals surface area (Å²) in [6, 6.07) is -5.29. The number of carbonyl (C=O) groups is 17. The highest BCUT2D eigenvalue weighted by molar-refractivity contribution is 7.98. The van der Waals surface area contributed by atoms with Gasteiger partial charge in [0.1, 0.15) is 90.6 Å². The number of hydrogen-bond donors (Lipinski definition) is 24. The third-order valence-corrected chi connectivity index (χ3v) is 21.6. The van der Waals surface area contributed by atoms with E-state index in [1.165, 1.54) is 52.1 Å². The minimum absolute atomic E-state index is 0.0155. The van der Waals surface area contributed by atoms with Gasteiger partial charge in [-0.1, -0.05) is 109 Å². The normalized spacial score (nSPS) is 15.2. The fraction of sp³-hybridized carbons (Fsp3) is 0.602. The van der Waals surface area contributed by atoms with E-state index in [0.717, 1.165) is 4.90 Å². The van der Waals surface area contributed by atoms with Crippen molar-refractivity contribution in [2.75, 3.05) is 38.7 Å². The lowest BCUT2D eigenvalue weighted by Gasteiger charge is -2.32. The first-order chi connectivity index (χ1) is 60.0. The Balaban J connectivity index is 2.00. The van der Waals surface area contributed by atoms with Crippen LogP contribution in [0, 0.1) is 23.2 Å². The summed E-state index contributed by atoms with van der Waals surface area (Å²) in [5.74, 6) is -18.3. The summed E-state index contributed by atoms with van der Waals surface area (Å²) in [6.07, 6.45) is 2.24. The van der Waals surface area contributed by atoms with Crippen molar-refractivity contribution >= 4 is 118 Å². The second-order valence-corrected chi connectivity index (χ2v) is 33.0. The number of aliphatic hydroxyl groups is 1. The molecule has 0 aliphatic heterocycles. The molecule has 3 rings (SSSR count). The van der Waals surface area contributed by atoms with E-state index >= 15 is 9.59 Å². The van der Waals surface area contributed by atoms with E-state index in [1.807, 2.05) is 0 Å². The van der Waals surface area contributed by atoms with Crippen molar-refractivity contribution in [1.82, 2.24) is 89.3 Å². The number of rotatable bonds is 60. The Hall–Kier alpha value is -11.9. The molecule has 0 aliphatic carbocycles. The standard InChI is InChI=1S/C83H134N24O19S/c1-12-46(6)67(106-76(119)59(39-51-26-17-14-18-27-51)102-79(122)66(45(4)5)105-69(112)48(8)107(10)81(124)56(33-37-127-11)98-72(115)55(31-32-62(86)109)97-78(121)65(44(2)3)104-68(111)47(7)94-77(120)64(88)49(9)108)80(123)103-60(40-52-42-91-43-93-52)74(117)101-61(41-63(87)110)75(118)100-58(38-50-24-15-13-16-25-50)73(116)96-53(28-19-21-34-84)70(113)95-54(30-23-36-92-83(89)90)71(114)99-57(82(125)126)29-20-22-35-85/h13-18,24-27,42-49,53-61,64-67,108H,12,19-23,28-41,84-85,88H2,1-11H3,(H2,86,109)(H2,87,110)(H,91,93)(H,94,120)(H,95,113)(H,96,116)(H,97,121)(H,98,115)(H,99,114)(H,100,118)(H,101,117)(H,102,122)(H,103,123)(H,104,111)(H,105,112)(H,106,119)(H,125,126)(H4,89,90,92)/t46-,47-,48-,49+,53-,54-,55-,56-,57-,58-,59-,60-,61-,64-,65-,66-,67-/m0/s1. The maximum atomic E-state index is 15.1. The number of guanidine groups is 1. The number of carboxylic acid groups (broad SMARTS) is 1. The highest BCUT2D eigenvalue weighted by atomic mass is 32.2. The number of carbonyl (C=O) groups excluding carboxylic acids is 16. The SMILES string of the molecule is CC[C@H](C)[C@H](NC(=O)[C@H](Cc1ccccc1)NC(=O)[C@@H](NC(=O)[C@H](C)N(C)C(=O)[C@H](CCSC)NC(=O)[C@H](CCC(N)=O)NC(=O)[C@@H](NC(=O)[C@H](C)NC(=O)[C@@H](N)[C@@H](C)O)C(C)C)C(C)C)C(=O)N[C@@H](Cc1cnc[nH]1)C(=O)N[C@@H](CC(N)=O)C(=O)N[C@@H](Cc1ccccc1)C(=O)N[C@@H](CCCCN)C(=O)N[C@@H](CCCNC(=N)N)C(=O)N[C@@H](CCCCN)C(=O)O. The van der Waals surface area contributed by atoms with Gasteiger partial charge < -0.3 is 129 Å². The van der Waals surface area contributed by atoms with Gasteiger partial charge in [0.25, 0.3) is 0 Å². The molecule has 17 atom stereocenters. The Kier molecular flexibility index (Phi) is 49.0. The van der Waals surface area contributed by atoms with E-state index in [9.17, 15) is 82.1 Å². The van der Waals surface area contributed by atoms with E-state index in [-0.39, 0.29) is 108 Å². The summed E-state index contributed by atoms with van der Waals surface area (Å²) in [5, 5.41) is 63.8. The summed E-state index contributed by atoms with van der Waals surface area (Å²) in [7, 11) is 1.28. The van der Waals surface area contributed by atoms with Gasteiger partial charge in [-0.3, -0.25) is 82.1 Å². The number of hydrogen-bond acceptors (Lipinski definition) is 24. The molecule has 0 saturated carbocycles. The van der Waals surface area contributed by atoms with Crippen molar-refractivity contribution in [1.29, 1.82) is 5.41 Å². The van der Waals surface area contributed by atoms with Gasteiger partial charge in [-0.05, 0) is 139 Å². The molecule has 1 heterocycles. The number of imidazole rings is 1. The topological polar surface area (TPSA) is 711 Å². The first-order valence-electron chi connectivity index (χ1n) is 42.5. The lowest BCUT2D eigenvalue weighted by molar-refractivity contribution is -0.143. The molecule has 3 aromatic rings. The molecule has 0 fully saturated rings. The summed E-state index contributed by atoms with van der Waals surface area (Å²) in [5.41, 5.74) is 35.2. The molecule has 0 radical (unpaired) electrons. The van der Waals surface area contributed by atoms with E-state index in [2.05, 4.69) is 84.4 Å². The molecule has 706 valence electrons. The monoisotopic (exact) mass is 1800 g/mol. The lowest BCUT2D eigenvalue weighted by atomic mass is 9.96. The van der Waals surface area contributed by atoms with Gasteiger partial charge in [-0.2, -0.15) is 11.8 Å². The zero-order valence-corrected chi connectivity index (χ0v) is 75.0. The van der Waals surface area contributed by atoms with Crippen molar-refractivity contribution in [3.8, 4) is 0 Å². The molecule has 0 unspecified atom stereocenters. The quantitative estimate of drug-likeness (QED) is 0.0143. The number of nitrogens with two attached hydrogens (primary N) is 6. The number of amides is 16. The van der Waals surface area contributed by atoms with Gasteiger partial charge in [0.2, 0.25) is 94.5 Å². The molecule has 43 nitrogen and oxygen atoms in total. The number of nitrogens with one attached hydrogen (secondary N) is 16. The second-order valence-electron chi connectivity index (χ2n) is 32.0. The summed E-state index contributed by atoms with van der Waals surface area (Å²) < 4.78 is 0. The number of aliphatic carboxylic acids is 1. The number of likely N-dealkylation sites (N-methyl/N-ethyl adjacent to an activating group) is 1. The second kappa shape index (κ2) is 56.9. The number of unbranched alkanes of at least 4 members (excludes halogenated alkanes) is 2. The van der Waals surface area contributed by atoms with Crippen LogP contribution in [-0.4, -0.2) is 267 Å². The minimum Gasteiger partial charge on any atom is -0.480 e. The molecule has 30 N–H and O–H groups in total. The van der Waals surface area contributed by atoms with Crippen LogP contribution in [0.15, 0.2) is 73.2 Å². The van der Waals surface area contributed by atoms with Crippen LogP contribution in [0.1, 0.15) is 163 Å². The Morgan fingerprint density at radius 2 is 0.882 bits per heavy atom. The van der Waals surface area contributed by atoms with E-state index in [0.29, 0.717) is 30.4 Å². The van der Waals surface area contributed by atoms with Crippen LogP contribution in [0.2, 0.25) is 0 Å². The van der Waals surface area contributed by atoms with Gasteiger partial charge >= 0.3 is 5.97 Å². The number of aromatic amines is 1. The number of thioether (sulfide) groups is 1. The maximum absolute atomic E-state index is 15.1. The molecule has 127 heavy (non-hydrogen) atoms. The fourth-order valence-electron chi connectivity index (χ4n) is 12.9. The smallest absolute Gasteiger partial charge is 0.326 e. The van der Waals surface area contributed by atoms with Gasteiger partial charge in [0.15, 0.2) is 5.96 Å². The number of primary amides is 2. The predicted molar refractivity (Wildman–Crippen MR) is 472 cm³/mol. The van der Waals surface area contributed by atoms with Gasteiger partial charge in [-0.15, -0.1) is 0 Å². The highest BCUT2D eigenvalue weighted by Gasteiger charge is 2.41. The van der Waals surface area contributed by atoms with E-state index in [4.69, 9.17) is 39.8 Å². The lowest BCUT2D eigenvalue weighted by Crippen LogP contribution is -2.62. The van der Waals surface area contributed by atoms with Crippen molar-refractivity contribution in [3.05, 3.63) is 90.0 Å². The first-order valence-corrected chi connectivity index (χ1v) is 43.8. The Bertz CT molecular complexity index is 4110. The average Bonchev–Trinajstić information content (AvgIpc) is 1.15. The number of H-pyrrole nitrogens is 1. The van der Waals surface area contributed by atoms with Crippen molar-refractivity contribution in [3.63, 3.8) is 0 Å². The average molecular weight is 1800 g/mol. The molecular weight excluding hydrogens is 1670 g/mol. The molecule has 2 aromatic carbocycles. The highest BCUT2D eigenvalue weighted by Crippen LogP contribution is 2.18. The Morgan fingerprint density at radius 3 is 1.33 bits per heavy atom. The van der Waals surface area contributed by atoms with Crippen LogP contribution in [-0.2, 0) is 101 Å². The van der Waals surface area contributed by atoms with Crippen LogP contribution in [0.25, 0.3) is 0 Å². The Labute approximate surface area is 743 Å². The number of aromatic nitrogens is 2. The summed E-state index contributed by atoms with van der Waals surface area (Å²) in [6.45, 7) is 14.2. The largest absolute Gasteiger partial charge is 0.480 e. The Morgan fingerprint density at radius 1 is 0.472 bits per heavy atom. The van der Waals surface area contributed by atoms with Crippen LogP contribution < -0.4 is 109 Å². The molecule has 1 aromatic heterocycles. The van der Waals surface area contributed by atoms with E-state index < -0.39 is 228 Å². The third kappa shape index (κ3) is 39.3. The van der Waals surface area contributed by atoms with Crippen LogP contribution in [0.4, 0.5) is 0 Å². The molecule has 16 amide bonds. The molecular formula is C83H134N24O19S. The first kappa shape index (κ1) is 109. The number of nitrogens with zero attached hydrogens (tertiary/aromatic N) is 2. The molecule has 0 bridgehead atoms. The molecule has 0 saturated heterocycles. The minimum atomic E-state index is -1.88. The number of aliphatic hydroxyl groups excluding tert-OH is 1. The zero-order valence-electron chi connectivity index (χ0n) is 74.1. The van der Waals surface area contributed by atoms with Gasteiger partial charge in [-0.25, -0.2) is 9.78 Å². The number of carboxylic acids is 1. The van der Waals surface area contributed by atoms with Gasteiger partial charge in [0.05, 0.1) is 18.9 Å². The maximum Gasteiger partial charge on any atom is 0.326 e. The zero-order chi connectivity index (χ0) is 95.3.